The Hall–Kier alpha value is -1.14. The molecule has 1 fully saturated rings. The molecule has 0 aromatic carbocycles. The minimum absolute atomic E-state index is 0.350. The molecule has 1 aromatic rings. The fourth-order valence-corrected chi connectivity index (χ4v) is 1.84. The first kappa shape index (κ1) is 13.3. The van der Waals surface area contributed by atoms with E-state index in [9.17, 15) is 0 Å². The number of nitrogens with zero attached hydrogens (tertiary/aromatic N) is 3. The van der Waals surface area contributed by atoms with E-state index in [1.807, 2.05) is 46.7 Å². The van der Waals surface area contributed by atoms with Crippen LogP contribution in [0.1, 0.15) is 27.7 Å². The smallest absolute Gasteiger partial charge is 0.399 e. The summed E-state index contributed by atoms with van der Waals surface area (Å²) in [6, 6.07) is 0. The molecule has 0 amide bonds. The van der Waals surface area contributed by atoms with Crippen molar-refractivity contribution in [2.45, 2.75) is 38.9 Å². The molecule has 98 valence electrons. The fourth-order valence-electron chi connectivity index (χ4n) is 1.84. The zero-order chi connectivity index (χ0) is 13.6. The van der Waals surface area contributed by atoms with E-state index in [0.717, 1.165) is 11.3 Å². The lowest BCUT2D eigenvalue weighted by molar-refractivity contribution is 0.00578. The summed E-state index contributed by atoms with van der Waals surface area (Å²) >= 11 is 0. The van der Waals surface area contributed by atoms with Crippen molar-refractivity contribution in [3.05, 3.63) is 12.5 Å². The normalized spacial score (nSPS) is 21.1. The van der Waals surface area contributed by atoms with Gasteiger partial charge in [0, 0.05) is 25.8 Å². The maximum absolute atomic E-state index is 6.01. The lowest BCUT2D eigenvalue weighted by atomic mass is 9.80. The summed E-state index contributed by atoms with van der Waals surface area (Å²) in [6.45, 7) is 8.14. The van der Waals surface area contributed by atoms with E-state index in [1.54, 1.807) is 6.20 Å². The quantitative estimate of drug-likeness (QED) is 0.727. The van der Waals surface area contributed by atoms with Crippen LogP contribution in [0, 0.1) is 0 Å². The fraction of sp³-hybridized carbons (Fsp3) is 0.667. The van der Waals surface area contributed by atoms with Crippen molar-refractivity contribution in [2.24, 2.45) is 0 Å². The second kappa shape index (κ2) is 4.21. The van der Waals surface area contributed by atoms with Crippen LogP contribution in [-0.2, 0) is 9.31 Å². The third-order valence-electron chi connectivity index (χ3n) is 3.65. The molecular weight excluding hydrogens is 229 g/mol. The molecule has 1 aliphatic rings. The minimum Gasteiger partial charge on any atom is -0.399 e. The number of hydrogen-bond acceptors (Lipinski definition) is 5. The predicted molar refractivity (Wildman–Crippen MR) is 72.1 cm³/mol. The Morgan fingerprint density at radius 3 is 2.17 bits per heavy atom. The first-order valence-electron chi connectivity index (χ1n) is 6.07. The summed E-state index contributed by atoms with van der Waals surface area (Å²) in [5, 5.41) is 0. The topological polar surface area (TPSA) is 47.5 Å². The van der Waals surface area contributed by atoms with Crippen molar-refractivity contribution >= 4 is 18.4 Å². The third kappa shape index (κ3) is 2.10. The van der Waals surface area contributed by atoms with Gasteiger partial charge in [-0.05, 0) is 27.7 Å². The van der Waals surface area contributed by atoms with Gasteiger partial charge in [0.2, 0.25) is 0 Å². The van der Waals surface area contributed by atoms with E-state index < -0.39 is 7.12 Å². The monoisotopic (exact) mass is 249 g/mol. The largest absolute Gasteiger partial charge is 0.500 e. The first-order valence-corrected chi connectivity index (χ1v) is 6.07. The van der Waals surface area contributed by atoms with Crippen LogP contribution in [0.3, 0.4) is 0 Å². The average molecular weight is 249 g/mol. The molecule has 2 heterocycles. The molecule has 1 aromatic heterocycles. The Kier molecular flexibility index (Phi) is 3.11. The molecule has 0 radical (unpaired) electrons. The van der Waals surface area contributed by atoms with Crippen LogP contribution < -0.4 is 10.4 Å². The number of rotatable bonds is 2. The Labute approximate surface area is 109 Å². The summed E-state index contributed by atoms with van der Waals surface area (Å²) in [6.07, 6.45) is 3.29. The second-order valence-electron chi connectivity index (χ2n) is 5.78. The van der Waals surface area contributed by atoms with E-state index in [4.69, 9.17) is 9.31 Å². The van der Waals surface area contributed by atoms with E-state index in [2.05, 4.69) is 9.97 Å². The third-order valence-corrected chi connectivity index (χ3v) is 3.65. The van der Waals surface area contributed by atoms with E-state index >= 15 is 0 Å². The van der Waals surface area contributed by atoms with Gasteiger partial charge in [-0.3, -0.25) is 0 Å². The molecule has 1 saturated heterocycles. The molecule has 0 spiro atoms. The number of aromatic nitrogens is 2. The molecular formula is C12H20BN3O2. The van der Waals surface area contributed by atoms with Crippen LogP contribution in [0.4, 0.5) is 5.82 Å². The van der Waals surface area contributed by atoms with Crippen LogP contribution in [0.5, 0.6) is 0 Å². The molecule has 0 N–H and O–H groups in total. The first-order chi connectivity index (χ1) is 8.24. The highest BCUT2D eigenvalue weighted by molar-refractivity contribution is 6.63. The summed E-state index contributed by atoms with van der Waals surface area (Å²) in [5.41, 5.74) is 0.162. The molecule has 1 aliphatic heterocycles. The van der Waals surface area contributed by atoms with E-state index in [1.165, 1.54) is 6.33 Å². The number of hydrogen-bond donors (Lipinski definition) is 0. The maximum atomic E-state index is 6.01. The Bertz CT molecular complexity index is 433. The van der Waals surface area contributed by atoms with Crippen molar-refractivity contribution in [3.8, 4) is 0 Å². The van der Waals surface area contributed by atoms with Gasteiger partial charge < -0.3 is 14.2 Å². The zero-order valence-corrected chi connectivity index (χ0v) is 11.9. The summed E-state index contributed by atoms with van der Waals surface area (Å²) < 4.78 is 12.0. The molecule has 0 saturated carbocycles. The minimum atomic E-state index is -0.423. The standard InChI is InChI=1S/C12H20BN3O2/c1-11(2)12(3,4)18-13(17-11)9-7-14-8-15-10(9)16(5)6/h7-8H,1-6H3. The lowest BCUT2D eigenvalue weighted by Crippen LogP contribution is -2.41. The highest BCUT2D eigenvalue weighted by atomic mass is 16.7. The van der Waals surface area contributed by atoms with Crippen molar-refractivity contribution in [3.63, 3.8) is 0 Å². The summed E-state index contributed by atoms with van der Waals surface area (Å²) in [7, 11) is 3.46. The van der Waals surface area contributed by atoms with Crippen LogP contribution in [0.2, 0.25) is 0 Å². The van der Waals surface area contributed by atoms with E-state index in [0.29, 0.717) is 0 Å². The van der Waals surface area contributed by atoms with Gasteiger partial charge in [0.15, 0.2) is 0 Å². The SMILES string of the molecule is CN(C)c1ncncc1B1OC(C)(C)C(C)(C)O1. The lowest BCUT2D eigenvalue weighted by Gasteiger charge is -2.32. The van der Waals surface area contributed by atoms with Gasteiger partial charge in [-0.25, -0.2) is 9.97 Å². The van der Waals surface area contributed by atoms with Gasteiger partial charge in [-0.15, -0.1) is 0 Å². The number of anilines is 1. The summed E-state index contributed by atoms with van der Waals surface area (Å²) in [5.74, 6) is 0.823. The maximum Gasteiger partial charge on any atom is 0.500 e. The van der Waals surface area contributed by atoms with Crippen LogP contribution in [0.25, 0.3) is 0 Å². The van der Waals surface area contributed by atoms with Crippen LogP contribution >= 0.6 is 0 Å². The molecule has 2 rings (SSSR count). The van der Waals surface area contributed by atoms with Crippen molar-refractivity contribution in [2.75, 3.05) is 19.0 Å². The van der Waals surface area contributed by atoms with E-state index in [-0.39, 0.29) is 11.2 Å². The average Bonchev–Trinajstić information content (AvgIpc) is 2.48. The molecule has 0 aliphatic carbocycles. The second-order valence-corrected chi connectivity index (χ2v) is 5.78. The van der Waals surface area contributed by atoms with Gasteiger partial charge >= 0.3 is 7.12 Å². The van der Waals surface area contributed by atoms with Crippen LogP contribution in [0.15, 0.2) is 12.5 Å². The highest BCUT2D eigenvalue weighted by Crippen LogP contribution is 2.36. The molecule has 0 bridgehead atoms. The van der Waals surface area contributed by atoms with Gasteiger partial charge in [-0.2, -0.15) is 0 Å². The van der Waals surface area contributed by atoms with Crippen molar-refractivity contribution < 1.29 is 9.31 Å². The Balaban J connectivity index is 2.35. The van der Waals surface area contributed by atoms with Gasteiger partial charge in [-0.1, -0.05) is 0 Å². The zero-order valence-electron chi connectivity index (χ0n) is 11.9. The van der Waals surface area contributed by atoms with Gasteiger partial charge in [0.1, 0.15) is 12.1 Å². The van der Waals surface area contributed by atoms with Gasteiger partial charge in [0.25, 0.3) is 0 Å². The summed E-state index contributed by atoms with van der Waals surface area (Å²) in [4.78, 5) is 10.3. The van der Waals surface area contributed by atoms with Crippen LogP contribution in [-0.4, -0.2) is 42.4 Å². The molecule has 0 unspecified atom stereocenters. The Morgan fingerprint density at radius 1 is 1.11 bits per heavy atom. The predicted octanol–water partition coefficient (Wildman–Crippen LogP) is 0.842. The molecule has 6 heteroatoms. The van der Waals surface area contributed by atoms with Crippen molar-refractivity contribution in [1.82, 2.24) is 9.97 Å². The highest BCUT2D eigenvalue weighted by Gasteiger charge is 2.52. The molecule has 18 heavy (non-hydrogen) atoms. The Morgan fingerprint density at radius 2 is 1.67 bits per heavy atom. The van der Waals surface area contributed by atoms with Crippen molar-refractivity contribution in [1.29, 1.82) is 0 Å². The molecule has 0 atom stereocenters. The van der Waals surface area contributed by atoms with Gasteiger partial charge in [0.05, 0.1) is 11.2 Å². The molecule has 5 nitrogen and oxygen atoms in total.